The van der Waals surface area contributed by atoms with Crippen LogP contribution in [0.1, 0.15) is 13.8 Å². The lowest BCUT2D eigenvalue weighted by molar-refractivity contribution is -0.133. The zero-order chi connectivity index (χ0) is 18.0. The van der Waals surface area contributed by atoms with Crippen molar-refractivity contribution in [1.29, 1.82) is 0 Å². The Kier molecular flexibility index (Phi) is 22.1. The minimum absolute atomic E-state index is 0.125. The summed E-state index contributed by atoms with van der Waals surface area (Å²) < 4.78 is 0. The average molecular weight is 320 g/mol. The fourth-order valence-corrected chi connectivity index (χ4v) is 0.604. The third-order valence-electron chi connectivity index (χ3n) is 1.79. The molecule has 6 N–H and O–H groups in total. The molecular formula is C14H28N2O6. The molecule has 1 fully saturated rings. The monoisotopic (exact) mass is 320 g/mol. The third kappa shape index (κ3) is 30.9. The molecule has 1 aliphatic heterocycles. The molecule has 1 aliphatic rings. The summed E-state index contributed by atoms with van der Waals surface area (Å²) in [6, 6.07) is 0. The van der Waals surface area contributed by atoms with E-state index in [0.29, 0.717) is 0 Å². The van der Waals surface area contributed by atoms with Crippen LogP contribution < -0.4 is 10.6 Å². The number of carbonyl (C=O) groups is 2. The van der Waals surface area contributed by atoms with Gasteiger partial charge in [-0.2, -0.15) is 0 Å². The van der Waals surface area contributed by atoms with Gasteiger partial charge in [0.15, 0.2) is 0 Å². The first kappa shape index (κ1) is 25.2. The van der Waals surface area contributed by atoms with Gasteiger partial charge in [0, 0.05) is 37.3 Å². The minimum Gasteiger partial charge on any atom is -0.478 e. The Bertz CT molecular complexity index is 266. The fraction of sp³-hybridized carbons (Fsp3) is 0.571. The van der Waals surface area contributed by atoms with Crippen LogP contribution in [-0.2, 0) is 9.59 Å². The van der Waals surface area contributed by atoms with E-state index in [1.807, 2.05) is 0 Å². The molecule has 0 saturated carbocycles. The normalized spacial score (nSPS) is 12.0. The van der Waals surface area contributed by atoms with Gasteiger partial charge in [-0.15, -0.1) is 0 Å². The third-order valence-corrected chi connectivity index (χ3v) is 1.79. The predicted octanol–water partition coefficient (Wildman–Crippen LogP) is -0.556. The van der Waals surface area contributed by atoms with Crippen LogP contribution in [0.5, 0.6) is 0 Å². The Morgan fingerprint density at radius 2 is 1.00 bits per heavy atom. The number of carboxylic acids is 2. The molecule has 0 aliphatic carbocycles. The summed E-state index contributed by atoms with van der Waals surface area (Å²) in [4.78, 5) is 19.2. The second kappa shape index (κ2) is 19.3. The predicted molar refractivity (Wildman–Crippen MR) is 84.8 cm³/mol. The SMILES string of the molecule is C1CNCCN1.C=C(C)C(=O)O.C=C(C)C(=O)O.OCCO. The number of rotatable bonds is 3. The molecule has 1 saturated heterocycles. The standard InChI is InChI=1S/C4H10N2.2C4H6O2.C2H6O2/c1-2-6-4-3-5-1;2*1-3(2)4(5)6;3-1-2-4/h5-6H,1-4H2;2*1H2,2H3,(H,5,6);3-4H,1-2H2. The Morgan fingerprint density at radius 3 is 1.05 bits per heavy atom. The molecule has 0 aromatic rings. The van der Waals surface area contributed by atoms with E-state index in [1.165, 1.54) is 13.8 Å². The second-order valence-corrected chi connectivity index (χ2v) is 4.12. The van der Waals surface area contributed by atoms with Crippen LogP contribution in [0.2, 0.25) is 0 Å². The van der Waals surface area contributed by atoms with Crippen molar-refractivity contribution in [1.82, 2.24) is 10.6 Å². The molecule has 0 aromatic heterocycles. The molecule has 1 rings (SSSR count). The molecule has 0 amide bonds. The average Bonchev–Trinajstić information content (AvgIpc) is 2.50. The zero-order valence-corrected chi connectivity index (χ0v) is 13.3. The lowest BCUT2D eigenvalue weighted by Crippen LogP contribution is -2.39. The summed E-state index contributed by atoms with van der Waals surface area (Å²) in [6.45, 7) is 13.5. The van der Waals surface area contributed by atoms with Crippen LogP contribution >= 0.6 is 0 Å². The topological polar surface area (TPSA) is 139 Å². The van der Waals surface area contributed by atoms with Crippen LogP contribution in [0, 0.1) is 0 Å². The highest BCUT2D eigenvalue weighted by molar-refractivity contribution is 5.85. The number of aliphatic hydroxyl groups is 2. The van der Waals surface area contributed by atoms with Crippen LogP contribution in [0.3, 0.4) is 0 Å². The molecule has 0 atom stereocenters. The minimum atomic E-state index is -0.935. The zero-order valence-electron chi connectivity index (χ0n) is 13.3. The smallest absolute Gasteiger partial charge is 0.330 e. The highest BCUT2D eigenvalue weighted by Gasteiger charge is 1.92. The number of aliphatic carboxylic acids is 2. The summed E-state index contributed by atoms with van der Waals surface area (Å²) in [5.74, 6) is -1.87. The van der Waals surface area contributed by atoms with Crippen LogP contribution in [0.4, 0.5) is 0 Å². The van der Waals surface area contributed by atoms with Crippen LogP contribution in [0.25, 0.3) is 0 Å². The van der Waals surface area contributed by atoms with E-state index in [9.17, 15) is 9.59 Å². The first-order valence-corrected chi connectivity index (χ1v) is 6.61. The van der Waals surface area contributed by atoms with Crippen molar-refractivity contribution in [2.24, 2.45) is 0 Å². The first-order valence-electron chi connectivity index (χ1n) is 6.61. The molecule has 0 spiro atoms. The summed E-state index contributed by atoms with van der Waals surface area (Å²) in [6.07, 6.45) is 0. The van der Waals surface area contributed by atoms with E-state index < -0.39 is 11.9 Å². The van der Waals surface area contributed by atoms with Gasteiger partial charge >= 0.3 is 11.9 Å². The van der Waals surface area contributed by atoms with E-state index in [0.717, 1.165) is 26.2 Å². The van der Waals surface area contributed by atoms with E-state index in [-0.39, 0.29) is 24.4 Å². The van der Waals surface area contributed by atoms with Gasteiger partial charge in [0.05, 0.1) is 13.2 Å². The van der Waals surface area contributed by atoms with Crippen molar-refractivity contribution in [2.75, 3.05) is 39.4 Å². The molecule has 0 radical (unpaired) electrons. The van der Waals surface area contributed by atoms with Crippen molar-refractivity contribution >= 4 is 11.9 Å². The van der Waals surface area contributed by atoms with Crippen molar-refractivity contribution < 1.29 is 30.0 Å². The van der Waals surface area contributed by atoms with E-state index in [1.54, 1.807) is 0 Å². The Labute approximate surface area is 131 Å². The van der Waals surface area contributed by atoms with Gasteiger partial charge in [0.1, 0.15) is 0 Å². The molecule has 1 heterocycles. The Hall–Kier alpha value is -1.74. The highest BCUT2D eigenvalue weighted by atomic mass is 16.4. The van der Waals surface area contributed by atoms with Gasteiger partial charge in [-0.05, 0) is 13.8 Å². The second-order valence-electron chi connectivity index (χ2n) is 4.12. The quantitative estimate of drug-likeness (QED) is 0.381. The van der Waals surface area contributed by atoms with E-state index >= 15 is 0 Å². The van der Waals surface area contributed by atoms with Crippen LogP contribution in [-0.4, -0.2) is 71.8 Å². The summed E-state index contributed by atoms with van der Waals surface area (Å²) in [5.41, 5.74) is 0.352. The molecule has 0 bridgehead atoms. The molecule has 22 heavy (non-hydrogen) atoms. The maximum absolute atomic E-state index is 9.60. The number of aliphatic hydroxyl groups excluding tert-OH is 2. The van der Waals surface area contributed by atoms with Gasteiger partial charge in [0.25, 0.3) is 0 Å². The molecule has 0 aromatic carbocycles. The van der Waals surface area contributed by atoms with Crippen molar-refractivity contribution in [3.8, 4) is 0 Å². The molecular weight excluding hydrogens is 292 g/mol. The fourth-order valence-electron chi connectivity index (χ4n) is 0.604. The molecule has 0 unspecified atom stereocenters. The molecule has 8 nitrogen and oxygen atoms in total. The lowest BCUT2D eigenvalue weighted by Gasteiger charge is -2.11. The maximum Gasteiger partial charge on any atom is 0.330 e. The number of hydrogen-bond acceptors (Lipinski definition) is 6. The summed E-state index contributed by atoms with van der Waals surface area (Å²) in [5, 5.41) is 37.5. The number of piperazine rings is 1. The molecule has 8 heteroatoms. The molecule has 130 valence electrons. The largest absolute Gasteiger partial charge is 0.478 e. The van der Waals surface area contributed by atoms with Gasteiger partial charge in [0.2, 0.25) is 0 Å². The van der Waals surface area contributed by atoms with Gasteiger partial charge in [-0.1, -0.05) is 13.2 Å². The van der Waals surface area contributed by atoms with E-state index in [4.69, 9.17) is 20.4 Å². The Balaban J connectivity index is -0.000000222. The van der Waals surface area contributed by atoms with Crippen molar-refractivity contribution in [3.63, 3.8) is 0 Å². The summed E-state index contributed by atoms with van der Waals surface area (Å²) >= 11 is 0. The van der Waals surface area contributed by atoms with Crippen molar-refractivity contribution in [2.45, 2.75) is 13.8 Å². The van der Waals surface area contributed by atoms with Gasteiger partial charge < -0.3 is 31.1 Å². The first-order chi connectivity index (χ1) is 10.2. The van der Waals surface area contributed by atoms with Gasteiger partial charge in [-0.3, -0.25) is 0 Å². The number of carboxylic acid groups (broad SMARTS) is 2. The van der Waals surface area contributed by atoms with Crippen LogP contribution in [0.15, 0.2) is 24.3 Å². The number of nitrogens with one attached hydrogen (secondary N) is 2. The maximum atomic E-state index is 9.60. The van der Waals surface area contributed by atoms with Gasteiger partial charge in [-0.25, -0.2) is 9.59 Å². The lowest BCUT2D eigenvalue weighted by atomic mass is 10.4. The highest BCUT2D eigenvalue weighted by Crippen LogP contribution is 1.81. The summed E-state index contributed by atoms with van der Waals surface area (Å²) in [7, 11) is 0. The Morgan fingerprint density at radius 1 is 0.818 bits per heavy atom. The number of hydrogen-bond donors (Lipinski definition) is 6. The van der Waals surface area contributed by atoms with Crippen molar-refractivity contribution in [3.05, 3.63) is 24.3 Å². The van der Waals surface area contributed by atoms with E-state index in [2.05, 4.69) is 23.8 Å².